The summed E-state index contributed by atoms with van der Waals surface area (Å²) >= 11 is 0. The molecule has 96 valence electrons. The van der Waals surface area contributed by atoms with E-state index in [1.807, 2.05) is 13.8 Å². The number of rotatable bonds is 4. The quantitative estimate of drug-likeness (QED) is 0.501. The van der Waals surface area contributed by atoms with Crippen LogP contribution in [0.15, 0.2) is 12.3 Å². The van der Waals surface area contributed by atoms with Crippen molar-refractivity contribution in [3.8, 4) is 12.3 Å². The second-order valence-corrected chi connectivity index (χ2v) is 4.20. The molecule has 1 heterocycles. The van der Waals surface area contributed by atoms with Gasteiger partial charge in [0.2, 0.25) is 0 Å². The predicted octanol–water partition coefficient (Wildman–Crippen LogP) is 1.73. The number of aromatic nitrogens is 1. The maximum absolute atomic E-state index is 11.9. The van der Waals surface area contributed by atoms with Gasteiger partial charge in [-0.3, -0.25) is 14.9 Å². The van der Waals surface area contributed by atoms with Gasteiger partial charge in [0.1, 0.15) is 5.69 Å². The van der Waals surface area contributed by atoms with Gasteiger partial charge in [0.25, 0.3) is 11.6 Å². The molecule has 0 aromatic carbocycles. The van der Waals surface area contributed by atoms with E-state index in [2.05, 4.69) is 11.2 Å². The van der Waals surface area contributed by atoms with Crippen molar-refractivity contribution in [1.82, 2.24) is 9.88 Å². The third-order valence-electron chi connectivity index (χ3n) is 2.43. The molecule has 1 aromatic rings. The average molecular weight is 249 g/mol. The number of nitro groups is 1. The molecule has 18 heavy (non-hydrogen) atoms. The summed E-state index contributed by atoms with van der Waals surface area (Å²) in [6.07, 6.45) is 6.52. The molecule has 6 heteroatoms. The highest BCUT2D eigenvalue weighted by molar-refractivity contribution is 5.94. The third-order valence-corrected chi connectivity index (χ3v) is 2.43. The van der Waals surface area contributed by atoms with E-state index in [0.29, 0.717) is 0 Å². The summed E-state index contributed by atoms with van der Waals surface area (Å²) in [6.45, 7) is 5.34. The lowest BCUT2D eigenvalue weighted by Gasteiger charge is -2.13. The molecule has 1 atom stereocenters. The molecule has 0 bridgehead atoms. The van der Waals surface area contributed by atoms with E-state index in [-0.39, 0.29) is 17.4 Å². The molecule has 0 spiro atoms. The molecule has 0 aliphatic rings. The number of nitrogens with one attached hydrogen (secondary N) is 1. The number of nitrogens with zero attached hydrogens (tertiary/aromatic N) is 2. The van der Waals surface area contributed by atoms with Crippen molar-refractivity contribution in [2.75, 3.05) is 0 Å². The van der Waals surface area contributed by atoms with Crippen molar-refractivity contribution in [2.24, 2.45) is 0 Å². The van der Waals surface area contributed by atoms with Gasteiger partial charge >= 0.3 is 0 Å². The van der Waals surface area contributed by atoms with Crippen molar-refractivity contribution < 1.29 is 9.72 Å². The number of carbonyl (C=O) groups is 1. The maximum atomic E-state index is 11.9. The Morgan fingerprint density at radius 2 is 2.17 bits per heavy atom. The van der Waals surface area contributed by atoms with Gasteiger partial charge < -0.3 is 9.88 Å². The molecule has 0 aliphatic heterocycles. The molecule has 0 radical (unpaired) electrons. The molecular formula is C12H15N3O3. The van der Waals surface area contributed by atoms with Gasteiger partial charge in [-0.2, -0.15) is 0 Å². The summed E-state index contributed by atoms with van der Waals surface area (Å²) in [5, 5.41) is 13.3. The van der Waals surface area contributed by atoms with E-state index in [9.17, 15) is 14.9 Å². The van der Waals surface area contributed by atoms with Gasteiger partial charge in [-0.05, 0) is 20.8 Å². The molecule has 1 N–H and O–H groups in total. The zero-order chi connectivity index (χ0) is 13.9. The fourth-order valence-electron chi connectivity index (χ4n) is 1.49. The summed E-state index contributed by atoms with van der Waals surface area (Å²) in [7, 11) is 0. The van der Waals surface area contributed by atoms with Crippen molar-refractivity contribution in [3.63, 3.8) is 0 Å². The summed E-state index contributed by atoms with van der Waals surface area (Å²) in [5.74, 6) is 1.95. The average Bonchev–Trinajstić information content (AvgIpc) is 2.73. The van der Waals surface area contributed by atoms with Crippen LogP contribution in [0.25, 0.3) is 0 Å². The van der Waals surface area contributed by atoms with Crippen molar-refractivity contribution >= 4 is 11.6 Å². The highest BCUT2D eigenvalue weighted by atomic mass is 16.6. The van der Waals surface area contributed by atoms with Crippen molar-refractivity contribution in [3.05, 3.63) is 28.1 Å². The molecule has 6 nitrogen and oxygen atoms in total. The van der Waals surface area contributed by atoms with E-state index < -0.39 is 16.9 Å². The van der Waals surface area contributed by atoms with Gasteiger partial charge in [0, 0.05) is 12.1 Å². The maximum Gasteiger partial charge on any atom is 0.287 e. The molecule has 0 aliphatic carbocycles. The van der Waals surface area contributed by atoms with Gasteiger partial charge in [0.15, 0.2) is 0 Å². The molecule has 0 fully saturated rings. The Morgan fingerprint density at radius 1 is 1.56 bits per heavy atom. The SMILES string of the molecule is C#CC(C)NC(=O)c1cc([N+](=O)[O-])cn1C(C)C. The largest absolute Gasteiger partial charge is 0.337 e. The Bertz CT molecular complexity index is 511. The van der Waals surface area contributed by atoms with E-state index >= 15 is 0 Å². The Labute approximate surface area is 105 Å². The van der Waals surface area contributed by atoms with Crippen LogP contribution in [0.5, 0.6) is 0 Å². The first-order valence-electron chi connectivity index (χ1n) is 5.50. The van der Waals surface area contributed by atoms with Crippen LogP contribution in [0.3, 0.4) is 0 Å². The number of terminal acetylenes is 1. The topological polar surface area (TPSA) is 77.2 Å². The molecular weight excluding hydrogens is 234 g/mol. The molecule has 1 amide bonds. The summed E-state index contributed by atoms with van der Waals surface area (Å²) < 4.78 is 1.55. The van der Waals surface area contributed by atoms with Crippen LogP contribution in [-0.4, -0.2) is 21.4 Å². The summed E-state index contributed by atoms with van der Waals surface area (Å²) in [6, 6.07) is 0.770. The van der Waals surface area contributed by atoms with Gasteiger partial charge in [0.05, 0.1) is 17.2 Å². The zero-order valence-corrected chi connectivity index (χ0v) is 10.5. The zero-order valence-electron chi connectivity index (χ0n) is 10.5. The number of hydrogen-bond acceptors (Lipinski definition) is 3. The second kappa shape index (κ2) is 5.36. The van der Waals surface area contributed by atoms with E-state index in [4.69, 9.17) is 6.42 Å². The smallest absolute Gasteiger partial charge is 0.287 e. The first-order chi connectivity index (χ1) is 8.36. The summed E-state index contributed by atoms with van der Waals surface area (Å²) in [5.41, 5.74) is 0.126. The van der Waals surface area contributed by atoms with Crippen LogP contribution in [0, 0.1) is 22.5 Å². The van der Waals surface area contributed by atoms with E-state index in [0.717, 1.165) is 0 Å². The van der Waals surface area contributed by atoms with Crippen molar-refractivity contribution in [2.45, 2.75) is 32.9 Å². The second-order valence-electron chi connectivity index (χ2n) is 4.20. The molecule has 1 aromatic heterocycles. The fraction of sp³-hybridized carbons (Fsp3) is 0.417. The number of amides is 1. The van der Waals surface area contributed by atoms with Crippen LogP contribution in [-0.2, 0) is 0 Å². The van der Waals surface area contributed by atoms with Crippen LogP contribution in [0.2, 0.25) is 0 Å². The highest BCUT2D eigenvalue weighted by Gasteiger charge is 2.21. The van der Waals surface area contributed by atoms with Crippen LogP contribution in [0.4, 0.5) is 5.69 Å². The van der Waals surface area contributed by atoms with Crippen LogP contribution >= 0.6 is 0 Å². The Hall–Kier alpha value is -2.29. The minimum atomic E-state index is -0.528. The lowest BCUT2D eigenvalue weighted by molar-refractivity contribution is -0.384. The van der Waals surface area contributed by atoms with Crippen LogP contribution < -0.4 is 5.32 Å². The van der Waals surface area contributed by atoms with E-state index in [1.54, 1.807) is 11.5 Å². The molecule has 0 saturated heterocycles. The monoisotopic (exact) mass is 249 g/mol. The number of hydrogen-bond donors (Lipinski definition) is 1. The predicted molar refractivity (Wildman–Crippen MR) is 67.2 cm³/mol. The minimum absolute atomic E-state index is 0.0550. The lowest BCUT2D eigenvalue weighted by atomic mass is 10.3. The van der Waals surface area contributed by atoms with E-state index in [1.165, 1.54) is 12.3 Å². The third kappa shape index (κ3) is 2.88. The van der Waals surface area contributed by atoms with Gasteiger partial charge in [-0.25, -0.2) is 0 Å². The Morgan fingerprint density at radius 3 is 2.61 bits per heavy atom. The first-order valence-corrected chi connectivity index (χ1v) is 5.50. The van der Waals surface area contributed by atoms with Gasteiger partial charge in [-0.1, -0.05) is 5.92 Å². The Balaban J connectivity index is 3.10. The van der Waals surface area contributed by atoms with Crippen LogP contribution in [0.1, 0.15) is 37.3 Å². The molecule has 0 saturated carbocycles. The standard InChI is InChI=1S/C12H15N3O3/c1-5-9(4)13-12(16)11-6-10(15(17)18)7-14(11)8(2)3/h1,6-9H,2-4H3,(H,13,16). The first kappa shape index (κ1) is 13.8. The Kier molecular flexibility index (Phi) is 4.10. The fourth-order valence-corrected chi connectivity index (χ4v) is 1.49. The molecule has 1 rings (SSSR count). The van der Waals surface area contributed by atoms with Crippen molar-refractivity contribution in [1.29, 1.82) is 0 Å². The lowest BCUT2D eigenvalue weighted by Crippen LogP contribution is -2.33. The highest BCUT2D eigenvalue weighted by Crippen LogP contribution is 2.20. The number of carbonyl (C=O) groups excluding carboxylic acids is 1. The summed E-state index contributed by atoms with van der Waals surface area (Å²) in [4.78, 5) is 22.1. The normalized spacial score (nSPS) is 11.9. The minimum Gasteiger partial charge on any atom is -0.337 e. The molecule has 1 unspecified atom stereocenters. The van der Waals surface area contributed by atoms with Gasteiger partial charge in [-0.15, -0.1) is 6.42 Å².